The van der Waals surface area contributed by atoms with Crippen LogP contribution in [0.15, 0.2) is 18.5 Å². The topological polar surface area (TPSA) is 28.2 Å². The average Bonchev–Trinajstić information content (AvgIpc) is 2.39. The van der Waals surface area contributed by atoms with Crippen molar-refractivity contribution in [2.24, 2.45) is 0 Å². The number of rotatable bonds is 3. The number of aromatic nitrogens is 1. The first-order chi connectivity index (χ1) is 7.81. The molecule has 0 radical (unpaired) electrons. The van der Waals surface area contributed by atoms with Crippen LogP contribution in [-0.2, 0) is 0 Å². The van der Waals surface area contributed by atoms with Gasteiger partial charge in [0.15, 0.2) is 0 Å². The molecule has 0 atom stereocenters. The largest absolute Gasteiger partial charge is 0.387 e. The lowest BCUT2D eigenvalue weighted by Gasteiger charge is -2.32. The van der Waals surface area contributed by atoms with Gasteiger partial charge in [-0.25, -0.2) is 0 Å². The fraction of sp³-hybridized carbons (Fsp3) is 0.615. The monoisotopic (exact) mass is 219 g/mol. The summed E-state index contributed by atoms with van der Waals surface area (Å²) in [5, 5.41) is 3.14. The number of hydrogen-bond donors (Lipinski definition) is 1. The van der Waals surface area contributed by atoms with Crippen LogP contribution in [0.4, 0.5) is 11.4 Å². The Bertz CT molecular complexity index is 332. The molecule has 2 rings (SSSR count). The molecule has 0 unspecified atom stereocenters. The molecule has 0 amide bonds. The maximum atomic E-state index is 4.27. The van der Waals surface area contributed by atoms with Crippen molar-refractivity contribution >= 4 is 11.4 Å². The molecule has 1 saturated carbocycles. The molecule has 0 spiro atoms. The minimum atomic E-state index is 0.697. The van der Waals surface area contributed by atoms with Gasteiger partial charge in [-0.2, -0.15) is 0 Å². The highest BCUT2D eigenvalue weighted by Gasteiger charge is 2.18. The third-order valence-electron chi connectivity index (χ3n) is 3.54. The summed E-state index contributed by atoms with van der Waals surface area (Å²) in [4.78, 5) is 6.65. The molecule has 3 heteroatoms. The quantitative estimate of drug-likeness (QED) is 0.847. The van der Waals surface area contributed by atoms with Crippen LogP contribution in [0.5, 0.6) is 0 Å². The maximum Gasteiger partial charge on any atom is 0.0573 e. The molecule has 1 aliphatic carbocycles. The van der Waals surface area contributed by atoms with E-state index < -0.39 is 0 Å². The van der Waals surface area contributed by atoms with E-state index in [1.807, 2.05) is 19.4 Å². The predicted molar refractivity (Wildman–Crippen MR) is 69.1 cm³/mol. The summed E-state index contributed by atoms with van der Waals surface area (Å²) in [5.74, 6) is 0. The second kappa shape index (κ2) is 5.19. The minimum Gasteiger partial charge on any atom is -0.387 e. The van der Waals surface area contributed by atoms with Gasteiger partial charge in [0, 0.05) is 20.1 Å². The van der Waals surface area contributed by atoms with Gasteiger partial charge in [0.1, 0.15) is 0 Å². The number of hydrogen-bond acceptors (Lipinski definition) is 3. The van der Waals surface area contributed by atoms with Gasteiger partial charge in [-0.15, -0.1) is 0 Å². The number of anilines is 2. The Hall–Kier alpha value is -1.25. The first-order valence-electron chi connectivity index (χ1n) is 6.17. The standard InChI is InChI=1S/C13H21N3/c1-14-11-8-13(10-15-9-11)16(2)12-6-4-3-5-7-12/h8-10,12,14H,3-7H2,1-2H3. The van der Waals surface area contributed by atoms with E-state index in [-0.39, 0.29) is 0 Å². The summed E-state index contributed by atoms with van der Waals surface area (Å²) >= 11 is 0. The molecule has 0 bridgehead atoms. The van der Waals surface area contributed by atoms with Crippen molar-refractivity contribution in [2.75, 3.05) is 24.3 Å². The second-order valence-corrected chi connectivity index (χ2v) is 4.58. The van der Waals surface area contributed by atoms with E-state index in [9.17, 15) is 0 Å². The molecule has 1 heterocycles. The molecule has 1 aromatic rings. The van der Waals surface area contributed by atoms with Crippen LogP contribution in [0.3, 0.4) is 0 Å². The Kier molecular flexibility index (Phi) is 3.65. The van der Waals surface area contributed by atoms with Crippen molar-refractivity contribution in [3.8, 4) is 0 Å². The molecule has 0 aliphatic heterocycles. The van der Waals surface area contributed by atoms with Crippen LogP contribution in [0.2, 0.25) is 0 Å². The fourth-order valence-corrected chi connectivity index (χ4v) is 2.44. The third kappa shape index (κ3) is 2.46. The molecule has 1 fully saturated rings. The first kappa shape index (κ1) is 11.2. The van der Waals surface area contributed by atoms with Crippen molar-refractivity contribution in [1.29, 1.82) is 0 Å². The Labute approximate surface area is 97.9 Å². The highest BCUT2D eigenvalue weighted by Crippen LogP contribution is 2.26. The second-order valence-electron chi connectivity index (χ2n) is 4.58. The Morgan fingerprint density at radius 3 is 2.69 bits per heavy atom. The van der Waals surface area contributed by atoms with E-state index >= 15 is 0 Å². The van der Waals surface area contributed by atoms with Crippen molar-refractivity contribution < 1.29 is 0 Å². The average molecular weight is 219 g/mol. The lowest BCUT2D eigenvalue weighted by atomic mass is 9.94. The van der Waals surface area contributed by atoms with Crippen molar-refractivity contribution in [2.45, 2.75) is 38.1 Å². The molecule has 1 aromatic heterocycles. The number of nitrogens with zero attached hydrogens (tertiary/aromatic N) is 2. The van der Waals surface area contributed by atoms with Gasteiger partial charge in [0.05, 0.1) is 23.8 Å². The smallest absolute Gasteiger partial charge is 0.0573 e. The van der Waals surface area contributed by atoms with Gasteiger partial charge in [-0.05, 0) is 18.9 Å². The summed E-state index contributed by atoms with van der Waals surface area (Å²) in [5.41, 5.74) is 2.30. The molecule has 88 valence electrons. The molecule has 3 nitrogen and oxygen atoms in total. The molecule has 1 aliphatic rings. The molecule has 0 saturated heterocycles. The van der Waals surface area contributed by atoms with E-state index in [0.29, 0.717) is 6.04 Å². The van der Waals surface area contributed by atoms with Gasteiger partial charge in [-0.3, -0.25) is 4.98 Å². The normalized spacial score (nSPS) is 17.1. The van der Waals surface area contributed by atoms with Crippen LogP contribution >= 0.6 is 0 Å². The van der Waals surface area contributed by atoms with Crippen molar-refractivity contribution in [1.82, 2.24) is 4.98 Å². The van der Waals surface area contributed by atoms with Crippen LogP contribution < -0.4 is 10.2 Å². The van der Waals surface area contributed by atoms with Crippen LogP contribution in [0.1, 0.15) is 32.1 Å². The Morgan fingerprint density at radius 1 is 1.25 bits per heavy atom. The lowest BCUT2D eigenvalue weighted by Crippen LogP contribution is -2.33. The van der Waals surface area contributed by atoms with E-state index in [4.69, 9.17) is 0 Å². The summed E-state index contributed by atoms with van der Waals surface area (Å²) < 4.78 is 0. The molecule has 16 heavy (non-hydrogen) atoms. The minimum absolute atomic E-state index is 0.697. The molecular formula is C13H21N3. The van der Waals surface area contributed by atoms with Gasteiger partial charge in [0.2, 0.25) is 0 Å². The zero-order chi connectivity index (χ0) is 11.4. The predicted octanol–water partition coefficient (Wildman–Crippen LogP) is 2.89. The summed E-state index contributed by atoms with van der Waals surface area (Å²) in [6, 6.07) is 2.87. The Balaban J connectivity index is 2.09. The summed E-state index contributed by atoms with van der Waals surface area (Å²) in [7, 11) is 4.12. The number of nitrogens with one attached hydrogen (secondary N) is 1. The van der Waals surface area contributed by atoms with Crippen LogP contribution in [0.25, 0.3) is 0 Å². The molecule has 0 aromatic carbocycles. The fourth-order valence-electron chi connectivity index (χ4n) is 2.44. The Morgan fingerprint density at radius 2 is 2.00 bits per heavy atom. The maximum absolute atomic E-state index is 4.27. The van der Waals surface area contributed by atoms with Gasteiger partial charge in [0.25, 0.3) is 0 Å². The first-order valence-corrected chi connectivity index (χ1v) is 6.17. The number of pyridine rings is 1. The van der Waals surface area contributed by atoms with E-state index in [2.05, 4.69) is 28.3 Å². The lowest BCUT2D eigenvalue weighted by molar-refractivity contribution is 0.427. The van der Waals surface area contributed by atoms with Gasteiger partial charge >= 0.3 is 0 Å². The highest BCUT2D eigenvalue weighted by molar-refractivity contribution is 5.55. The van der Waals surface area contributed by atoms with Crippen LogP contribution in [0, 0.1) is 0 Å². The van der Waals surface area contributed by atoms with E-state index in [1.54, 1.807) is 0 Å². The van der Waals surface area contributed by atoms with Crippen molar-refractivity contribution in [3.05, 3.63) is 18.5 Å². The summed E-state index contributed by atoms with van der Waals surface area (Å²) in [6.07, 6.45) is 10.6. The zero-order valence-electron chi connectivity index (χ0n) is 10.2. The van der Waals surface area contributed by atoms with Crippen LogP contribution in [-0.4, -0.2) is 25.1 Å². The molecule has 1 N–H and O–H groups in total. The third-order valence-corrected chi connectivity index (χ3v) is 3.54. The van der Waals surface area contributed by atoms with Gasteiger partial charge in [-0.1, -0.05) is 19.3 Å². The van der Waals surface area contributed by atoms with Crippen molar-refractivity contribution in [3.63, 3.8) is 0 Å². The van der Waals surface area contributed by atoms with E-state index in [1.165, 1.54) is 37.8 Å². The SMILES string of the molecule is CNc1cncc(N(C)C2CCCCC2)c1. The molecular weight excluding hydrogens is 198 g/mol. The van der Waals surface area contributed by atoms with E-state index in [0.717, 1.165) is 5.69 Å². The van der Waals surface area contributed by atoms with Gasteiger partial charge < -0.3 is 10.2 Å². The zero-order valence-corrected chi connectivity index (χ0v) is 10.2. The highest BCUT2D eigenvalue weighted by atomic mass is 15.1. The summed E-state index contributed by atoms with van der Waals surface area (Å²) in [6.45, 7) is 0.